The van der Waals surface area contributed by atoms with Crippen LogP contribution in [0.15, 0.2) is 23.2 Å². The zero-order valence-corrected chi connectivity index (χ0v) is 15.7. The number of nitrogens with zero attached hydrogens (tertiary/aromatic N) is 1. The third-order valence-corrected chi connectivity index (χ3v) is 6.04. The maximum Gasteiger partial charge on any atom is 0.329 e. The van der Waals surface area contributed by atoms with E-state index < -0.39 is 5.97 Å². The van der Waals surface area contributed by atoms with E-state index >= 15 is 0 Å². The Kier molecular flexibility index (Phi) is 5.36. The topological polar surface area (TPSA) is 86.7 Å². The van der Waals surface area contributed by atoms with Crippen LogP contribution in [0.3, 0.4) is 0 Å². The first kappa shape index (κ1) is 18.3. The lowest BCUT2D eigenvalue weighted by atomic mass is 10.2. The Morgan fingerprint density at radius 3 is 2.96 bits per heavy atom. The van der Waals surface area contributed by atoms with Gasteiger partial charge in [0.05, 0.1) is 29.5 Å². The van der Waals surface area contributed by atoms with E-state index in [1.54, 1.807) is 17.8 Å². The van der Waals surface area contributed by atoms with Gasteiger partial charge in [0.2, 0.25) is 0 Å². The number of benzene rings is 1. The van der Waals surface area contributed by atoms with Gasteiger partial charge in [-0.1, -0.05) is 12.8 Å². The molecule has 1 aromatic carbocycles. The van der Waals surface area contributed by atoms with Gasteiger partial charge < -0.3 is 20.1 Å². The van der Waals surface area contributed by atoms with Crippen LogP contribution in [0.2, 0.25) is 0 Å². The van der Waals surface area contributed by atoms with Gasteiger partial charge >= 0.3 is 5.97 Å². The number of anilines is 1. The van der Waals surface area contributed by atoms with Crippen molar-refractivity contribution in [3.63, 3.8) is 0 Å². The van der Waals surface area contributed by atoms with Crippen LogP contribution >= 0.6 is 11.8 Å². The number of H-pyrrole nitrogens is 1. The number of aliphatic carboxylic acids is 1. The van der Waals surface area contributed by atoms with Gasteiger partial charge in [-0.25, -0.2) is 9.18 Å². The predicted molar refractivity (Wildman–Crippen MR) is 105 cm³/mol. The molecule has 4 rings (SSSR count). The van der Waals surface area contributed by atoms with Crippen LogP contribution < -0.4 is 5.32 Å². The van der Waals surface area contributed by atoms with Crippen LogP contribution in [-0.4, -0.2) is 52.2 Å². The van der Waals surface area contributed by atoms with E-state index in [0.717, 1.165) is 45.9 Å². The van der Waals surface area contributed by atoms with E-state index in [0.29, 0.717) is 6.04 Å². The molecule has 1 unspecified atom stereocenters. The van der Waals surface area contributed by atoms with E-state index in [9.17, 15) is 9.18 Å². The molecule has 0 saturated heterocycles. The molecule has 144 valence electrons. The van der Waals surface area contributed by atoms with Gasteiger partial charge in [-0.15, -0.1) is 11.8 Å². The lowest BCUT2D eigenvalue weighted by Gasteiger charge is -2.14. The number of ether oxygens (including phenoxy) is 1. The lowest BCUT2D eigenvalue weighted by molar-refractivity contribution is -0.142. The van der Waals surface area contributed by atoms with Gasteiger partial charge in [0, 0.05) is 17.2 Å². The van der Waals surface area contributed by atoms with E-state index in [2.05, 4.69) is 15.3 Å². The van der Waals surface area contributed by atoms with Crippen molar-refractivity contribution in [1.29, 1.82) is 0 Å². The Bertz CT molecular complexity index is 876. The van der Waals surface area contributed by atoms with Crippen LogP contribution in [0.25, 0.3) is 10.9 Å². The Morgan fingerprint density at radius 1 is 1.37 bits per heavy atom. The molecule has 0 bridgehead atoms. The molecule has 2 heterocycles. The monoisotopic (exact) mass is 391 g/mol. The smallest absolute Gasteiger partial charge is 0.329 e. The average Bonchev–Trinajstić information content (AvgIpc) is 3.33. The van der Waals surface area contributed by atoms with Gasteiger partial charge in [0.25, 0.3) is 0 Å². The second kappa shape index (κ2) is 7.90. The maximum atomic E-state index is 14.1. The fourth-order valence-electron chi connectivity index (χ4n) is 3.66. The largest absolute Gasteiger partial charge is 0.480 e. The summed E-state index contributed by atoms with van der Waals surface area (Å²) >= 11 is 1.60. The molecule has 2 aliphatic rings. The number of aromatic amines is 1. The van der Waals surface area contributed by atoms with Crippen LogP contribution in [0.5, 0.6) is 0 Å². The SMILES string of the molecule is O=C(O)COCC1CSC(c2cc3cc(F)cc(NC4CCCC4)c3[nH]2)=N1. The van der Waals surface area contributed by atoms with Gasteiger partial charge in [-0.3, -0.25) is 4.99 Å². The van der Waals surface area contributed by atoms with Crippen molar-refractivity contribution < 1.29 is 19.0 Å². The number of aliphatic imine (C=N–C) groups is 1. The number of thioether (sulfide) groups is 1. The molecule has 1 aliphatic carbocycles. The number of halogens is 1. The number of carboxylic acids is 1. The molecule has 0 radical (unpaired) electrons. The first-order valence-electron chi connectivity index (χ1n) is 9.18. The highest BCUT2D eigenvalue weighted by molar-refractivity contribution is 8.14. The first-order chi connectivity index (χ1) is 13.1. The molecular formula is C19H22FN3O3S. The number of carboxylic acid groups (broad SMARTS) is 1. The van der Waals surface area contributed by atoms with E-state index in [-0.39, 0.29) is 25.1 Å². The summed E-state index contributed by atoms with van der Waals surface area (Å²) in [7, 11) is 0. The van der Waals surface area contributed by atoms with Crippen LogP contribution in [0, 0.1) is 5.82 Å². The minimum atomic E-state index is -0.982. The van der Waals surface area contributed by atoms with E-state index in [4.69, 9.17) is 9.84 Å². The van der Waals surface area contributed by atoms with E-state index in [1.165, 1.54) is 18.9 Å². The Labute approximate surface area is 160 Å². The number of rotatable bonds is 7. The summed E-state index contributed by atoms with van der Waals surface area (Å²) in [6, 6.07) is 5.33. The zero-order chi connectivity index (χ0) is 18.8. The molecule has 2 aromatic rings. The summed E-state index contributed by atoms with van der Waals surface area (Å²) in [6.45, 7) is -0.0278. The third-order valence-electron chi connectivity index (χ3n) is 4.89. The summed E-state index contributed by atoms with van der Waals surface area (Å²) in [5.41, 5.74) is 2.55. The molecule has 1 aromatic heterocycles. The summed E-state index contributed by atoms with van der Waals surface area (Å²) in [6.07, 6.45) is 4.66. The Balaban J connectivity index is 1.53. The fraction of sp³-hybridized carbons (Fsp3) is 0.474. The number of fused-ring (bicyclic) bond motifs is 1. The normalized spacial score (nSPS) is 20.3. The summed E-state index contributed by atoms with van der Waals surface area (Å²) < 4.78 is 19.2. The number of hydrogen-bond acceptors (Lipinski definition) is 5. The van der Waals surface area contributed by atoms with Gasteiger partial charge in [-0.2, -0.15) is 0 Å². The number of aromatic nitrogens is 1. The van der Waals surface area contributed by atoms with Crippen molar-refractivity contribution in [2.24, 2.45) is 4.99 Å². The quantitative estimate of drug-likeness (QED) is 0.671. The molecule has 27 heavy (non-hydrogen) atoms. The highest BCUT2D eigenvalue weighted by Gasteiger charge is 2.22. The Hall–Kier alpha value is -2.06. The third kappa shape index (κ3) is 4.27. The highest BCUT2D eigenvalue weighted by Crippen LogP contribution is 2.32. The molecule has 1 atom stereocenters. The van der Waals surface area contributed by atoms with Crippen LogP contribution in [0.1, 0.15) is 31.4 Å². The van der Waals surface area contributed by atoms with Crippen molar-refractivity contribution in [2.45, 2.75) is 37.8 Å². The summed E-state index contributed by atoms with van der Waals surface area (Å²) in [5, 5.41) is 13.8. The van der Waals surface area contributed by atoms with Gasteiger partial charge in [-0.05, 0) is 31.0 Å². The van der Waals surface area contributed by atoms with Crippen molar-refractivity contribution in [2.75, 3.05) is 24.3 Å². The predicted octanol–water partition coefficient (Wildman–Crippen LogP) is 3.62. The van der Waals surface area contributed by atoms with Crippen molar-refractivity contribution in [1.82, 2.24) is 4.98 Å². The summed E-state index contributed by atoms with van der Waals surface area (Å²) in [4.78, 5) is 18.5. The van der Waals surface area contributed by atoms with Gasteiger partial charge in [0.15, 0.2) is 0 Å². The molecule has 1 fully saturated rings. The van der Waals surface area contributed by atoms with Crippen molar-refractivity contribution in [3.05, 3.63) is 29.7 Å². The molecule has 6 nitrogen and oxygen atoms in total. The number of hydrogen-bond donors (Lipinski definition) is 3. The minimum absolute atomic E-state index is 0.0661. The molecule has 3 N–H and O–H groups in total. The summed E-state index contributed by atoms with van der Waals surface area (Å²) in [5.74, 6) is -0.495. The number of carbonyl (C=O) groups is 1. The minimum Gasteiger partial charge on any atom is -0.480 e. The molecule has 1 saturated carbocycles. The molecule has 1 aliphatic heterocycles. The highest BCUT2D eigenvalue weighted by atomic mass is 32.2. The zero-order valence-electron chi connectivity index (χ0n) is 14.8. The van der Waals surface area contributed by atoms with Crippen molar-refractivity contribution >= 4 is 39.4 Å². The Morgan fingerprint density at radius 2 is 2.19 bits per heavy atom. The molecule has 0 spiro atoms. The molecule has 0 amide bonds. The second-order valence-corrected chi connectivity index (χ2v) is 8.04. The van der Waals surface area contributed by atoms with Crippen molar-refractivity contribution in [3.8, 4) is 0 Å². The second-order valence-electron chi connectivity index (χ2n) is 7.03. The fourth-order valence-corrected chi connectivity index (χ4v) is 4.67. The standard InChI is InChI=1S/C19H22FN3O3S/c20-12-5-11-6-16(19-22-14(10-27-19)8-26-9-17(24)25)23-18(11)15(7-12)21-13-3-1-2-4-13/h5-7,13-14,21,23H,1-4,8-10H2,(H,24,25). The van der Waals surface area contributed by atoms with Crippen LogP contribution in [0.4, 0.5) is 10.1 Å². The average molecular weight is 391 g/mol. The van der Waals surface area contributed by atoms with Gasteiger partial charge in [0.1, 0.15) is 17.5 Å². The molecular weight excluding hydrogens is 369 g/mol. The van der Waals surface area contributed by atoms with Crippen LogP contribution in [-0.2, 0) is 9.53 Å². The first-order valence-corrected chi connectivity index (χ1v) is 10.2. The maximum absolute atomic E-state index is 14.1. The molecule has 8 heteroatoms. The number of nitrogens with one attached hydrogen (secondary N) is 2. The lowest BCUT2D eigenvalue weighted by Crippen LogP contribution is -2.17. The van der Waals surface area contributed by atoms with E-state index in [1.807, 2.05) is 6.07 Å².